The molecule has 1 heterocycles. The van der Waals surface area contributed by atoms with Gasteiger partial charge >= 0.3 is 0 Å². The highest BCUT2D eigenvalue weighted by Crippen LogP contribution is 2.31. The summed E-state index contributed by atoms with van der Waals surface area (Å²) in [5.74, 6) is -0.438. The van der Waals surface area contributed by atoms with Crippen LogP contribution in [0, 0.1) is 0 Å². The number of anilines is 1. The molecule has 38 heavy (non-hydrogen) atoms. The average Bonchev–Trinajstić information content (AvgIpc) is 3.35. The summed E-state index contributed by atoms with van der Waals surface area (Å²) in [5.41, 5.74) is 3.70. The molecule has 3 aromatic carbocycles. The van der Waals surface area contributed by atoms with Gasteiger partial charge in [-0.25, -0.2) is 0 Å². The molecule has 6 heteroatoms. The fourth-order valence-corrected chi connectivity index (χ4v) is 5.40. The van der Waals surface area contributed by atoms with Gasteiger partial charge in [-0.1, -0.05) is 67.8 Å². The van der Waals surface area contributed by atoms with Gasteiger partial charge in [0.15, 0.2) is 5.78 Å². The van der Waals surface area contributed by atoms with Crippen LogP contribution in [0.4, 0.5) is 5.69 Å². The van der Waals surface area contributed by atoms with Gasteiger partial charge in [0, 0.05) is 34.4 Å². The van der Waals surface area contributed by atoms with Crippen LogP contribution in [-0.2, 0) is 16.0 Å². The second-order valence-corrected chi connectivity index (χ2v) is 10.1. The van der Waals surface area contributed by atoms with Crippen LogP contribution in [0.5, 0.6) is 0 Å². The van der Waals surface area contributed by atoms with E-state index in [0.29, 0.717) is 11.3 Å². The molecule has 0 bridgehead atoms. The molecule has 0 aliphatic heterocycles. The van der Waals surface area contributed by atoms with Gasteiger partial charge in [0.1, 0.15) is 6.04 Å². The fraction of sp³-hybridized carbons (Fsp3) is 0.281. The number of fused-ring (bicyclic) bond motifs is 1. The van der Waals surface area contributed by atoms with Crippen LogP contribution < -0.4 is 10.2 Å². The van der Waals surface area contributed by atoms with Crippen molar-refractivity contribution in [2.45, 2.75) is 57.5 Å². The molecule has 6 nitrogen and oxygen atoms in total. The number of rotatable bonds is 8. The minimum absolute atomic E-state index is 0.0529. The van der Waals surface area contributed by atoms with Crippen molar-refractivity contribution in [2.75, 3.05) is 4.90 Å². The smallest absolute Gasteiger partial charge is 0.248 e. The van der Waals surface area contributed by atoms with Crippen molar-refractivity contribution < 1.29 is 14.4 Å². The molecule has 1 atom stereocenters. The Morgan fingerprint density at radius 3 is 2.29 bits per heavy atom. The van der Waals surface area contributed by atoms with Gasteiger partial charge in [-0.05, 0) is 61.2 Å². The first-order valence-corrected chi connectivity index (χ1v) is 13.3. The highest BCUT2D eigenvalue weighted by Gasteiger charge is 2.34. The van der Waals surface area contributed by atoms with Crippen LogP contribution in [0.1, 0.15) is 66.6 Å². The maximum Gasteiger partial charge on any atom is 0.248 e. The maximum absolute atomic E-state index is 14.2. The van der Waals surface area contributed by atoms with Gasteiger partial charge in [0.25, 0.3) is 0 Å². The average molecular weight is 508 g/mol. The van der Waals surface area contributed by atoms with Crippen molar-refractivity contribution in [1.29, 1.82) is 0 Å². The van der Waals surface area contributed by atoms with Crippen molar-refractivity contribution >= 4 is 34.2 Å². The molecule has 1 fully saturated rings. The van der Waals surface area contributed by atoms with Gasteiger partial charge in [-0.15, -0.1) is 0 Å². The Labute approximate surface area is 223 Å². The molecule has 1 aromatic heterocycles. The molecule has 0 radical (unpaired) electrons. The van der Waals surface area contributed by atoms with Crippen molar-refractivity contribution in [2.24, 2.45) is 0 Å². The molecular weight excluding hydrogens is 474 g/mol. The molecule has 1 saturated carbocycles. The van der Waals surface area contributed by atoms with Crippen LogP contribution in [0.15, 0.2) is 85.1 Å². The zero-order chi connectivity index (χ0) is 26.5. The van der Waals surface area contributed by atoms with E-state index in [9.17, 15) is 14.4 Å². The summed E-state index contributed by atoms with van der Waals surface area (Å²) in [4.78, 5) is 44.9. The number of hydrogen-bond donors (Lipinski definition) is 2. The van der Waals surface area contributed by atoms with Crippen LogP contribution >= 0.6 is 0 Å². The van der Waals surface area contributed by atoms with Crippen LogP contribution in [0.25, 0.3) is 10.9 Å². The number of para-hydroxylation sites is 1. The van der Waals surface area contributed by atoms with E-state index >= 15 is 0 Å². The zero-order valence-electron chi connectivity index (χ0n) is 21.7. The third-order valence-electron chi connectivity index (χ3n) is 7.41. The molecule has 2 amide bonds. The number of aromatic amines is 1. The number of nitrogens with zero attached hydrogens (tertiary/aromatic N) is 1. The number of hydrogen-bond acceptors (Lipinski definition) is 3. The number of carbonyl (C=O) groups excluding carboxylic acids is 3. The third-order valence-corrected chi connectivity index (χ3v) is 7.41. The van der Waals surface area contributed by atoms with Gasteiger partial charge in [-0.2, -0.15) is 0 Å². The minimum atomic E-state index is -0.848. The molecular formula is C32H33N3O3. The van der Waals surface area contributed by atoms with E-state index in [4.69, 9.17) is 0 Å². The van der Waals surface area contributed by atoms with E-state index in [1.54, 1.807) is 29.2 Å². The Bertz CT molecular complexity index is 1420. The Morgan fingerprint density at radius 1 is 0.895 bits per heavy atom. The van der Waals surface area contributed by atoms with Crippen molar-refractivity contribution in [1.82, 2.24) is 10.3 Å². The summed E-state index contributed by atoms with van der Waals surface area (Å²) in [6.45, 7) is 1.51. The lowest BCUT2D eigenvalue weighted by Crippen LogP contribution is -2.47. The highest BCUT2D eigenvalue weighted by molar-refractivity contribution is 6.04. The Kier molecular flexibility index (Phi) is 7.68. The Hall–Kier alpha value is -4.19. The van der Waals surface area contributed by atoms with Gasteiger partial charge in [0.05, 0.1) is 6.42 Å². The quantitative estimate of drug-likeness (QED) is 0.281. The normalized spacial score (nSPS) is 14.7. The van der Waals surface area contributed by atoms with Gasteiger partial charge in [0.2, 0.25) is 11.8 Å². The van der Waals surface area contributed by atoms with Crippen molar-refractivity contribution in [3.63, 3.8) is 0 Å². The summed E-state index contributed by atoms with van der Waals surface area (Å²) >= 11 is 0. The van der Waals surface area contributed by atoms with Crippen molar-refractivity contribution in [3.05, 3.63) is 102 Å². The van der Waals surface area contributed by atoms with Gasteiger partial charge < -0.3 is 10.3 Å². The maximum atomic E-state index is 14.2. The first kappa shape index (κ1) is 25.5. The largest absolute Gasteiger partial charge is 0.361 e. The number of amides is 2. The summed E-state index contributed by atoms with van der Waals surface area (Å²) in [5, 5.41) is 4.23. The van der Waals surface area contributed by atoms with E-state index in [-0.39, 0.29) is 30.1 Å². The molecule has 5 rings (SSSR count). The standard InChI is InChI=1S/C32H33N3O3/c1-22(36)23-16-18-27(19-17-23)35(30(37)20-25-21-33-29-15-9-8-14-28(25)29)31(24-10-4-2-5-11-24)32(38)34-26-12-6-3-7-13-26/h2,4-5,8-11,14-19,21,26,31,33H,3,6-7,12-13,20H2,1H3,(H,34,38). The number of Topliss-reactive ketones (excluding diaryl/α,β-unsaturated/α-hetero) is 1. The molecule has 0 spiro atoms. The van der Waals surface area contributed by atoms with Crippen LogP contribution in [0.3, 0.4) is 0 Å². The molecule has 1 aliphatic carbocycles. The zero-order valence-corrected chi connectivity index (χ0v) is 21.7. The predicted octanol–water partition coefficient (Wildman–Crippen LogP) is 6.14. The van der Waals surface area contributed by atoms with E-state index in [2.05, 4.69) is 10.3 Å². The second-order valence-electron chi connectivity index (χ2n) is 10.1. The van der Waals surface area contributed by atoms with Crippen LogP contribution in [-0.4, -0.2) is 28.6 Å². The van der Waals surface area contributed by atoms with E-state index in [1.165, 1.54) is 13.3 Å². The lowest BCUT2D eigenvalue weighted by Gasteiger charge is -2.33. The summed E-state index contributed by atoms with van der Waals surface area (Å²) in [6, 6.07) is 23.5. The second kappa shape index (κ2) is 11.5. The fourth-order valence-electron chi connectivity index (χ4n) is 5.40. The molecule has 1 aliphatic rings. The summed E-state index contributed by atoms with van der Waals surface area (Å²) in [6.07, 6.45) is 7.25. The van der Waals surface area contributed by atoms with E-state index in [1.807, 2.05) is 60.8 Å². The van der Waals surface area contributed by atoms with E-state index < -0.39 is 6.04 Å². The SMILES string of the molecule is CC(=O)c1ccc(N(C(=O)Cc2c[nH]c3ccccc23)C(C(=O)NC2CCCCC2)c2ccccc2)cc1. The number of H-pyrrole nitrogens is 1. The molecule has 1 unspecified atom stereocenters. The predicted molar refractivity (Wildman–Crippen MR) is 150 cm³/mol. The number of ketones is 1. The lowest BCUT2D eigenvalue weighted by molar-refractivity contribution is -0.127. The van der Waals surface area contributed by atoms with E-state index in [0.717, 1.165) is 47.7 Å². The topological polar surface area (TPSA) is 82.3 Å². The Morgan fingerprint density at radius 2 is 1.58 bits per heavy atom. The summed E-state index contributed by atoms with van der Waals surface area (Å²) in [7, 11) is 0. The molecule has 2 N–H and O–H groups in total. The van der Waals surface area contributed by atoms with Crippen LogP contribution in [0.2, 0.25) is 0 Å². The first-order chi connectivity index (χ1) is 18.5. The number of benzene rings is 3. The first-order valence-electron chi connectivity index (χ1n) is 13.3. The molecule has 0 saturated heterocycles. The number of nitrogens with one attached hydrogen (secondary N) is 2. The third kappa shape index (κ3) is 5.54. The highest BCUT2D eigenvalue weighted by atomic mass is 16.2. The lowest BCUT2D eigenvalue weighted by atomic mass is 9.94. The monoisotopic (exact) mass is 507 g/mol. The van der Waals surface area contributed by atoms with Crippen molar-refractivity contribution in [3.8, 4) is 0 Å². The summed E-state index contributed by atoms with van der Waals surface area (Å²) < 4.78 is 0. The molecule has 4 aromatic rings. The molecule has 194 valence electrons. The number of aromatic nitrogens is 1. The minimum Gasteiger partial charge on any atom is -0.361 e. The Balaban J connectivity index is 1.55. The van der Waals surface area contributed by atoms with Gasteiger partial charge in [-0.3, -0.25) is 19.3 Å². The number of carbonyl (C=O) groups is 3.